The van der Waals surface area contributed by atoms with Crippen molar-refractivity contribution in [3.05, 3.63) is 30.1 Å². The van der Waals surface area contributed by atoms with Crippen LogP contribution < -0.4 is 0 Å². The lowest BCUT2D eigenvalue weighted by Gasteiger charge is -2.31. The van der Waals surface area contributed by atoms with Gasteiger partial charge in [0, 0.05) is 24.7 Å². The van der Waals surface area contributed by atoms with Crippen LogP contribution in [0.3, 0.4) is 0 Å². The molecule has 0 saturated heterocycles. The Bertz CT molecular complexity index is 582. The second kappa shape index (κ2) is 5.52. The molecule has 1 heterocycles. The molecule has 0 aliphatic heterocycles. The van der Waals surface area contributed by atoms with Gasteiger partial charge in [0.05, 0.1) is 6.04 Å². The van der Waals surface area contributed by atoms with E-state index in [9.17, 15) is 13.2 Å². The minimum Gasteiger partial charge on any atom is -0.332 e. The molecule has 2 rings (SSSR count). The molecule has 1 saturated carbocycles. The molecule has 110 valence electrons. The molecular weight excluding hydrogens is 276 g/mol. The Balaban J connectivity index is 2.26. The fourth-order valence-electron chi connectivity index (χ4n) is 2.22. The third kappa shape index (κ3) is 3.17. The van der Waals surface area contributed by atoms with Gasteiger partial charge in [0.15, 0.2) is 9.84 Å². The Morgan fingerprint density at radius 3 is 2.50 bits per heavy atom. The lowest BCUT2D eigenvalue weighted by atomic mass is 10.1. The summed E-state index contributed by atoms with van der Waals surface area (Å²) in [6.45, 7) is 3.38. The maximum absolute atomic E-state index is 12.5. The summed E-state index contributed by atoms with van der Waals surface area (Å²) in [5.74, 6) is -0.314. The lowest BCUT2D eigenvalue weighted by Crippen LogP contribution is -2.43. The SMILES string of the molecule is CC(c1cccnc1)N(C(=O)C(C)S(C)(=O)=O)C1CC1. The van der Waals surface area contributed by atoms with E-state index in [4.69, 9.17) is 0 Å². The highest BCUT2D eigenvalue weighted by Crippen LogP contribution is 2.35. The molecule has 20 heavy (non-hydrogen) atoms. The summed E-state index contributed by atoms with van der Waals surface area (Å²) in [7, 11) is -3.38. The number of nitrogens with zero attached hydrogens (tertiary/aromatic N) is 2. The van der Waals surface area contributed by atoms with Gasteiger partial charge >= 0.3 is 0 Å². The van der Waals surface area contributed by atoms with E-state index in [1.807, 2.05) is 19.1 Å². The first kappa shape index (κ1) is 15.0. The van der Waals surface area contributed by atoms with Gasteiger partial charge in [0.2, 0.25) is 5.91 Å². The van der Waals surface area contributed by atoms with Crippen molar-refractivity contribution in [3.8, 4) is 0 Å². The zero-order valence-corrected chi connectivity index (χ0v) is 12.8. The standard InChI is InChI=1S/C14H20N2O3S/c1-10(12-5-4-8-15-9-12)16(13-6-7-13)14(17)11(2)20(3,18)19/h4-5,8-11,13H,6-7H2,1-3H3. The van der Waals surface area contributed by atoms with E-state index in [1.165, 1.54) is 6.92 Å². The molecule has 0 bridgehead atoms. The minimum absolute atomic E-state index is 0.155. The van der Waals surface area contributed by atoms with Crippen LogP contribution in [0.25, 0.3) is 0 Å². The predicted octanol–water partition coefficient (Wildman–Crippen LogP) is 1.57. The van der Waals surface area contributed by atoms with Crippen molar-refractivity contribution in [1.29, 1.82) is 0 Å². The van der Waals surface area contributed by atoms with Crippen LogP contribution in [0.5, 0.6) is 0 Å². The molecule has 2 unspecified atom stereocenters. The fourth-order valence-corrected chi connectivity index (χ4v) is 2.70. The number of carbonyl (C=O) groups is 1. The van der Waals surface area contributed by atoms with Crippen molar-refractivity contribution < 1.29 is 13.2 Å². The van der Waals surface area contributed by atoms with E-state index >= 15 is 0 Å². The van der Waals surface area contributed by atoms with Crippen LogP contribution in [0, 0.1) is 0 Å². The van der Waals surface area contributed by atoms with Gasteiger partial charge < -0.3 is 4.90 Å². The van der Waals surface area contributed by atoms with Crippen LogP contribution in [0.4, 0.5) is 0 Å². The molecule has 0 N–H and O–H groups in total. The fraction of sp³-hybridized carbons (Fsp3) is 0.571. The van der Waals surface area contributed by atoms with Crippen LogP contribution in [0.2, 0.25) is 0 Å². The molecule has 1 aliphatic rings. The average Bonchev–Trinajstić information content (AvgIpc) is 3.22. The Hall–Kier alpha value is -1.43. The predicted molar refractivity (Wildman–Crippen MR) is 76.8 cm³/mol. The van der Waals surface area contributed by atoms with Gasteiger partial charge in [-0.2, -0.15) is 0 Å². The first-order valence-electron chi connectivity index (χ1n) is 6.73. The molecule has 1 aromatic heterocycles. The smallest absolute Gasteiger partial charge is 0.241 e. The second-order valence-corrected chi connectivity index (χ2v) is 7.78. The highest BCUT2D eigenvalue weighted by Gasteiger charge is 2.40. The Morgan fingerprint density at radius 1 is 1.40 bits per heavy atom. The first-order valence-corrected chi connectivity index (χ1v) is 8.68. The summed E-state index contributed by atoms with van der Waals surface area (Å²) < 4.78 is 23.2. The topological polar surface area (TPSA) is 67.3 Å². The number of aromatic nitrogens is 1. The van der Waals surface area contributed by atoms with Crippen molar-refractivity contribution in [2.75, 3.05) is 6.26 Å². The summed E-state index contributed by atoms with van der Waals surface area (Å²) in [5, 5.41) is -0.998. The quantitative estimate of drug-likeness (QED) is 0.827. The molecule has 1 aromatic rings. The second-order valence-electron chi connectivity index (χ2n) is 5.41. The van der Waals surface area contributed by atoms with Gasteiger partial charge in [-0.1, -0.05) is 6.07 Å². The summed E-state index contributed by atoms with van der Waals surface area (Å²) in [6.07, 6.45) is 6.38. The maximum atomic E-state index is 12.5. The van der Waals surface area contributed by atoms with Crippen molar-refractivity contribution in [2.45, 2.75) is 44.0 Å². The van der Waals surface area contributed by atoms with E-state index in [0.717, 1.165) is 24.7 Å². The summed E-state index contributed by atoms with van der Waals surface area (Å²) >= 11 is 0. The largest absolute Gasteiger partial charge is 0.332 e. The Labute approximate surface area is 119 Å². The number of hydrogen-bond acceptors (Lipinski definition) is 4. The Morgan fingerprint density at radius 2 is 2.05 bits per heavy atom. The number of pyridine rings is 1. The van der Waals surface area contributed by atoms with Crippen molar-refractivity contribution in [1.82, 2.24) is 9.88 Å². The molecule has 0 aromatic carbocycles. The molecule has 1 fully saturated rings. The van der Waals surface area contributed by atoms with Crippen molar-refractivity contribution in [3.63, 3.8) is 0 Å². The van der Waals surface area contributed by atoms with Crippen molar-refractivity contribution in [2.24, 2.45) is 0 Å². The number of hydrogen-bond donors (Lipinski definition) is 0. The van der Waals surface area contributed by atoms with Crippen LogP contribution in [-0.2, 0) is 14.6 Å². The average molecular weight is 296 g/mol. The number of carbonyl (C=O) groups excluding carboxylic acids is 1. The molecule has 1 aliphatic carbocycles. The van der Waals surface area contributed by atoms with Gasteiger partial charge in [-0.05, 0) is 38.3 Å². The van der Waals surface area contributed by atoms with Gasteiger partial charge in [-0.15, -0.1) is 0 Å². The van der Waals surface area contributed by atoms with Gasteiger partial charge in [0.1, 0.15) is 5.25 Å². The molecular formula is C14H20N2O3S. The van der Waals surface area contributed by atoms with Crippen LogP contribution in [0.1, 0.15) is 38.3 Å². The van der Waals surface area contributed by atoms with E-state index in [1.54, 1.807) is 17.3 Å². The van der Waals surface area contributed by atoms with E-state index < -0.39 is 15.1 Å². The minimum atomic E-state index is -3.38. The molecule has 0 spiro atoms. The monoisotopic (exact) mass is 296 g/mol. The number of sulfone groups is 1. The third-order valence-electron chi connectivity index (χ3n) is 3.77. The highest BCUT2D eigenvalue weighted by atomic mass is 32.2. The van der Waals surface area contributed by atoms with E-state index in [0.29, 0.717) is 0 Å². The van der Waals surface area contributed by atoms with Crippen LogP contribution in [0.15, 0.2) is 24.5 Å². The Kier molecular flexibility index (Phi) is 4.13. The van der Waals surface area contributed by atoms with Crippen LogP contribution in [-0.4, -0.2) is 41.8 Å². The highest BCUT2D eigenvalue weighted by molar-refractivity contribution is 7.92. The van der Waals surface area contributed by atoms with Crippen molar-refractivity contribution >= 4 is 15.7 Å². The number of rotatable bonds is 5. The molecule has 2 atom stereocenters. The summed E-state index contributed by atoms with van der Waals surface area (Å²) in [4.78, 5) is 18.3. The van der Waals surface area contributed by atoms with Gasteiger partial charge in [-0.25, -0.2) is 8.42 Å². The van der Waals surface area contributed by atoms with E-state index in [2.05, 4.69) is 4.98 Å². The van der Waals surface area contributed by atoms with Crippen LogP contribution >= 0.6 is 0 Å². The molecule has 0 radical (unpaired) electrons. The third-order valence-corrected chi connectivity index (χ3v) is 5.25. The normalized spacial score (nSPS) is 18.4. The molecule has 5 nitrogen and oxygen atoms in total. The zero-order chi connectivity index (χ0) is 14.9. The zero-order valence-electron chi connectivity index (χ0n) is 12.0. The molecule has 6 heteroatoms. The first-order chi connectivity index (χ1) is 9.32. The van der Waals surface area contributed by atoms with Gasteiger partial charge in [0.25, 0.3) is 0 Å². The van der Waals surface area contributed by atoms with E-state index in [-0.39, 0.29) is 18.0 Å². The van der Waals surface area contributed by atoms with Gasteiger partial charge in [-0.3, -0.25) is 9.78 Å². The maximum Gasteiger partial charge on any atom is 0.241 e. The number of amides is 1. The summed E-state index contributed by atoms with van der Waals surface area (Å²) in [6, 6.07) is 3.72. The lowest BCUT2D eigenvalue weighted by molar-refractivity contribution is -0.133. The molecule has 1 amide bonds. The summed E-state index contributed by atoms with van der Waals surface area (Å²) in [5.41, 5.74) is 0.924.